The van der Waals surface area contributed by atoms with Gasteiger partial charge in [0.1, 0.15) is 11.4 Å². The first kappa shape index (κ1) is 17.0. The second-order valence-corrected chi connectivity index (χ2v) is 6.24. The highest BCUT2D eigenvalue weighted by Gasteiger charge is 2.25. The number of hydrogen-bond acceptors (Lipinski definition) is 7. The van der Waals surface area contributed by atoms with Gasteiger partial charge in [-0.2, -0.15) is 0 Å². The molecule has 1 aliphatic heterocycles. The van der Waals surface area contributed by atoms with Crippen molar-refractivity contribution in [1.82, 2.24) is 9.91 Å². The maximum absolute atomic E-state index is 12.1. The van der Waals surface area contributed by atoms with Crippen LogP contribution in [0.15, 0.2) is 27.8 Å². The van der Waals surface area contributed by atoms with E-state index in [-0.39, 0.29) is 34.3 Å². The van der Waals surface area contributed by atoms with E-state index >= 15 is 0 Å². The Hall–Kier alpha value is -2.87. The Morgan fingerprint density at radius 1 is 1.12 bits per heavy atom. The first-order valence-electron chi connectivity index (χ1n) is 8.05. The lowest BCUT2D eigenvalue weighted by molar-refractivity contribution is 0.0825. The van der Waals surface area contributed by atoms with Gasteiger partial charge in [0, 0.05) is 27.2 Å². The van der Waals surface area contributed by atoms with Crippen LogP contribution in [0.4, 0.5) is 17.1 Å². The number of para-hydroxylation sites is 1. The van der Waals surface area contributed by atoms with Gasteiger partial charge in [0.15, 0.2) is 5.75 Å². The number of rotatable bonds is 5. The summed E-state index contributed by atoms with van der Waals surface area (Å²) in [5.41, 5.74) is 2.33. The molecule has 1 saturated heterocycles. The molecule has 25 heavy (non-hydrogen) atoms. The number of anilines is 3. The van der Waals surface area contributed by atoms with Crippen molar-refractivity contribution in [2.45, 2.75) is 12.8 Å². The number of hydrogen-bond donors (Lipinski definition) is 3. The third kappa shape index (κ3) is 3.08. The van der Waals surface area contributed by atoms with Crippen LogP contribution in [0.2, 0.25) is 0 Å². The third-order valence-electron chi connectivity index (χ3n) is 4.22. The van der Waals surface area contributed by atoms with Gasteiger partial charge < -0.3 is 20.7 Å². The Bertz CT molecular complexity index is 877. The quantitative estimate of drug-likeness (QED) is 0.546. The van der Waals surface area contributed by atoms with Gasteiger partial charge in [-0.25, -0.2) is 5.01 Å². The lowest BCUT2D eigenvalue weighted by Gasteiger charge is -2.22. The fraction of sp³-hybridized carbons (Fsp3) is 0.353. The zero-order valence-corrected chi connectivity index (χ0v) is 14.1. The summed E-state index contributed by atoms with van der Waals surface area (Å²) in [6, 6.07) is 4.63. The molecule has 8 heteroatoms. The average molecular weight is 344 g/mol. The summed E-state index contributed by atoms with van der Waals surface area (Å²) in [5.74, 6) is -0.622. The van der Waals surface area contributed by atoms with Gasteiger partial charge in [-0.05, 0) is 25.0 Å². The van der Waals surface area contributed by atoms with Crippen LogP contribution in [-0.4, -0.2) is 48.1 Å². The number of carbonyl (C=O) groups is 1. The predicted octanol–water partition coefficient (Wildman–Crippen LogP) is 0.856. The Morgan fingerprint density at radius 2 is 1.76 bits per heavy atom. The van der Waals surface area contributed by atoms with E-state index in [2.05, 4.69) is 10.7 Å². The normalized spacial score (nSPS) is 14.6. The minimum Gasteiger partial charge on any atom is -0.505 e. The molecule has 132 valence electrons. The van der Waals surface area contributed by atoms with Crippen LogP contribution < -0.4 is 21.6 Å². The van der Waals surface area contributed by atoms with Crippen LogP contribution in [0.3, 0.4) is 0 Å². The highest BCUT2D eigenvalue weighted by Crippen LogP contribution is 2.32. The molecule has 0 bridgehead atoms. The number of phenolic OH excluding ortho intramolecular Hbond substituents is 1. The van der Waals surface area contributed by atoms with Crippen molar-refractivity contribution < 1.29 is 9.90 Å². The molecule has 0 spiro atoms. The highest BCUT2D eigenvalue weighted by molar-refractivity contribution is 5.99. The van der Waals surface area contributed by atoms with Crippen molar-refractivity contribution in [1.29, 1.82) is 0 Å². The monoisotopic (exact) mass is 344 g/mol. The molecule has 3 N–H and O–H groups in total. The fourth-order valence-electron chi connectivity index (χ4n) is 2.80. The molecule has 2 aromatic rings. The Balaban J connectivity index is 1.87. The second kappa shape index (κ2) is 6.56. The Morgan fingerprint density at radius 3 is 2.40 bits per heavy atom. The summed E-state index contributed by atoms with van der Waals surface area (Å²) >= 11 is 0. The van der Waals surface area contributed by atoms with E-state index in [1.165, 1.54) is 11.0 Å². The third-order valence-corrected chi connectivity index (χ3v) is 4.22. The molecule has 1 fully saturated rings. The van der Waals surface area contributed by atoms with E-state index in [4.69, 9.17) is 0 Å². The molecule has 0 aliphatic carbocycles. The average Bonchev–Trinajstić information content (AvgIpc) is 3.11. The van der Waals surface area contributed by atoms with Gasteiger partial charge in [0.25, 0.3) is 16.8 Å². The Labute approximate surface area is 144 Å². The summed E-state index contributed by atoms with van der Waals surface area (Å²) in [5, 5.41) is 15.0. The largest absolute Gasteiger partial charge is 0.505 e. The molecule has 1 amide bonds. The molecular weight excluding hydrogens is 324 g/mol. The molecule has 0 unspecified atom stereocenters. The first-order chi connectivity index (χ1) is 11.9. The summed E-state index contributed by atoms with van der Waals surface area (Å²) in [7, 11) is 3.16. The molecule has 0 aromatic heterocycles. The van der Waals surface area contributed by atoms with E-state index in [9.17, 15) is 19.5 Å². The molecular formula is C17H20N4O4. The highest BCUT2D eigenvalue weighted by atomic mass is 16.3. The summed E-state index contributed by atoms with van der Waals surface area (Å²) in [6.45, 7) is 1.60. The molecule has 8 nitrogen and oxygen atoms in total. The van der Waals surface area contributed by atoms with Crippen LogP contribution in [0.25, 0.3) is 0 Å². The van der Waals surface area contributed by atoms with Crippen molar-refractivity contribution in [3.05, 3.63) is 44.2 Å². The van der Waals surface area contributed by atoms with Crippen molar-refractivity contribution in [2.24, 2.45) is 0 Å². The lowest BCUT2D eigenvalue weighted by Crippen LogP contribution is -2.41. The van der Waals surface area contributed by atoms with Crippen molar-refractivity contribution in [2.75, 3.05) is 37.9 Å². The number of aromatic hydroxyl groups is 1. The topological polar surface area (TPSA) is 102 Å². The van der Waals surface area contributed by atoms with Gasteiger partial charge in [-0.15, -0.1) is 0 Å². The van der Waals surface area contributed by atoms with E-state index in [0.717, 1.165) is 25.9 Å². The number of phenols is 1. The zero-order valence-electron chi connectivity index (χ0n) is 14.1. The zero-order chi connectivity index (χ0) is 18.1. The smallest absolute Gasteiger partial charge is 0.257 e. The van der Waals surface area contributed by atoms with Crippen LogP contribution in [0.1, 0.15) is 23.2 Å². The van der Waals surface area contributed by atoms with Gasteiger partial charge in [-0.1, -0.05) is 6.07 Å². The number of carbonyl (C=O) groups excluding carboxylic acids is 1. The molecule has 1 heterocycles. The van der Waals surface area contributed by atoms with Crippen LogP contribution >= 0.6 is 0 Å². The number of hydrazine groups is 1. The van der Waals surface area contributed by atoms with E-state index in [1.54, 1.807) is 26.2 Å². The number of nitrogens with one attached hydrogen (secondary N) is 2. The molecule has 0 saturated carbocycles. The van der Waals surface area contributed by atoms with Crippen LogP contribution in [0.5, 0.6) is 5.75 Å². The van der Waals surface area contributed by atoms with Gasteiger partial charge in [0.2, 0.25) is 0 Å². The minimum atomic E-state index is -0.648. The summed E-state index contributed by atoms with van der Waals surface area (Å²) in [4.78, 5) is 37.2. The van der Waals surface area contributed by atoms with E-state index in [0.29, 0.717) is 0 Å². The summed E-state index contributed by atoms with van der Waals surface area (Å²) in [6.07, 6.45) is 2.06. The minimum absolute atomic E-state index is 0.0988. The maximum Gasteiger partial charge on any atom is 0.257 e. The number of nitrogens with zero attached hydrogens (tertiary/aromatic N) is 2. The van der Waals surface area contributed by atoms with Gasteiger partial charge in [0.05, 0.1) is 11.3 Å². The Kier molecular flexibility index (Phi) is 4.45. The molecule has 3 rings (SSSR count). The number of amides is 1. The molecule has 0 radical (unpaired) electrons. The van der Waals surface area contributed by atoms with Gasteiger partial charge in [-0.3, -0.25) is 14.4 Å². The lowest BCUT2D eigenvalue weighted by atomic mass is 10.1. The molecule has 2 aromatic carbocycles. The first-order valence-corrected chi connectivity index (χ1v) is 8.05. The van der Waals surface area contributed by atoms with E-state index in [1.807, 2.05) is 5.01 Å². The number of benzene rings is 1. The maximum atomic E-state index is 12.1. The fourth-order valence-corrected chi connectivity index (χ4v) is 2.80. The SMILES string of the molecule is CN(C)C(=O)c1cccc(Nc2c(NN3CCCC3)c(=O)c2=O)c1O. The molecule has 0 atom stereocenters. The van der Waals surface area contributed by atoms with Gasteiger partial charge >= 0.3 is 0 Å². The van der Waals surface area contributed by atoms with E-state index < -0.39 is 10.9 Å². The summed E-state index contributed by atoms with van der Waals surface area (Å²) < 4.78 is 0. The second-order valence-electron chi connectivity index (χ2n) is 6.24. The van der Waals surface area contributed by atoms with Crippen LogP contribution in [0, 0.1) is 0 Å². The van der Waals surface area contributed by atoms with Crippen LogP contribution in [-0.2, 0) is 0 Å². The standard InChI is InChI=1S/C17H20N4O4/c1-20(2)17(25)10-6-5-7-11(14(10)22)18-12-13(16(24)15(12)23)19-21-8-3-4-9-21/h5-7,18-19,22H,3-4,8-9H2,1-2H3. The van der Waals surface area contributed by atoms with Crippen molar-refractivity contribution in [3.63, 3.8) is 0 Å². The van der Waals surface area contributed by atoms with Crippen molar-refractivity contribution >= 4 is 23.0 Å². The van der Waals surface area contributed by atoms with Crippen molar-refractivity contribution in [3.8, 4) is 5.75 Å². The predicted molar refractivity (Wildman–Crippen MR) is 95.2 cm³/mol. The molecule has 1 aliphatic rings.